The lowest BCUT2D eigenvalue weighted by atomic mass is 10.7. The van der Waals surface area contributed by atoms with Gasteiger partial charge in [0.05, 0.1) is 0 Å². The van der Waals surface area contributed by atoms with E-state index in [1.807, 2.05) is 0 Å². The van der Waals surface area contributed by atoms with Gasteiger partial charge < -0.3 is 20.4 Å². The van der Waals surface area contributed by atoms with E-state index in [9.17, 15) is 0 Å². The molecule has 0 bridgehead atoms. The molecular weight excluding hydrogens is 129 g/mol. The fraction of sp³-hybridized carbons (Fsp3) is 0.333. The molecule has 0 saturated carbocycles. The van der Waals surface area contributed by atoms with Gasteiger partial charge in [-0.2, -0.15) is 0 Å². The van der Waals surface area contributed by atoms with E-state index >= 15 is 0 Å². The van der Waals surface area contributed by atoms with Crippen LogP contribution in [-0.4, -0.2) is 21.2 Å². The summed E-state index contributed by atoms with van der Waals surface area (Å²) in [5, 5.41) is 0. The first kappa shape index (κ1) is 10.9. The third-order valence-corrected chi connectivity index (χ3v) is 0.167. The molecule has 0 fully saturated rings. The van der Waals surface area contributed by atoms with Crippen molar-refractivity contribution in [1.82, 2.24) is 0 Å². The predicted octanol–water partition coefficient (Wildman–Crippen LogP) is -0.679. The molecule has 0 radical (unpaired) electrons. The maximum Gasteiger partial charge on any atom is 0.324 e. The highest BCUT2D eigenvalue weighted by Gasteiger charge is 1.76. The maximum absolute atomic E-state index is 7.23. The van der Waals surface area contributed by atoms with E-state index < -0.39 is 8.60 Å². The maximum atomic E-state index is 7.23. The Labute approximate surface area is 49.3 Å². The van der Waals surface area contributed by atoms with E-state index in [2.05, 4.69) is 6.58 Å². The molecule has 5 heteroatoms. The van der Waals surface area contributed by atoms with Gasteiger partial charge in [0.25, 0.3) is 0 Å². The minimum Gasteiger partial charge on any atom is -0.328 e. The van der Waals surface area contributed by atoms with Gasteiger partial charge in [-0.1, -0.05) is 6.08 Å². The van der Waals surface area contributed by atoms with E-state index in [-0.39, 0.29) is 0 Å². The average molecular weight is 139 g/mol. The molecule has 0 heterocycles. The van der Waals surface area contributed by atoms with Gasteiger partial charge in [-0.25, -0.2) is 0 Å². The van der Waals surface area contributed by atoms with Crippen LogP contribution in [0.15, 0.2) is 12.7 Å². The Kier molecular flexibility index (Phi) is 13.7. The average Bonchev–Trinajstić information content (AvgIpc) is 1.65. The molecule has 0 rings (SSSR count). The highest BCUT2D eigenvalue weighted by Crippen LogP contribution is 2.11. The van der Waals surface area contributed by atoms with Crippen LogP contribution >= 0.6 is 8.60 Å². The van der Waals surface area contributed by atoms with E-state index in [1.54, 1.807) is 6.08 Å². The lowest BCUT2D eigenvalue weighted by molar-refractivity contribution is 0.368. The van der Waals surface area contributed by atoms with Crippen LogP contribution in [0.2, 0.25) is 0 Å². The SMILES string of the molecule is C=CCN.OP(O)O. The van der Waals surface area contributed by atoms with Crippen molar-refractivity contribution in [3.8, 4) is 0 Å². The molecule has 0 saturated heterocycles. The third kappa shape index (κ3) is 148. The Morgan fingerprint density at radius 1 is 1.50 bits per heavy atom. The summed E-state index contributed by atoms with van der Waals surface area (Å²) in [6.07, 6.45) is 1.65. The van der Waals surface area contributed by atoms with Gasteiger partial charge in [0, 0.05) is 6.54 Å². The lowest BCUT2D eigenvalue weighted by Gasteiger charge is -1.76. The molecule has 0 spiro atoms. The fourth-order valence-electron chi connectivity index (χ4n) is 0. The molecule has 0 aromatic rings. The summed E-state index contributed by atoms with van der Waals surface area (Å²) in [6.45, 7) is 3.94. The molecular formula is C3H10NO3P. The normalized spacial score (nSPS) is 7.62. The summed E-state index contributed by atoms with van der Waals surface area (Å²) in [6, 6.07) is 0. The van der Waals surface area contributed by atoms with Gasteiger partial charge in [-0.05, 0) is 0 Å². The molecule has 0 aromatic carbocycles. The number of nitrogens with two attached hydrogens (primary N) is 1. The van der Waals surface area contributed by atoms with Gasteiger partial charge in [0.2, 0.25) is 0 Å². The Morgan fingerprint density at radius 2 is 1.62 bits per heavy atom. The van der Waals surface area contributed by atoms with Crippen LogP contribution in [-0.2, 0) is 0 Å². The van der Waals surface area contributed by atoms with Crippen molar-refractivity contribution in [2.24, 2.45) is 5.73 Å². The van der Waals surface area contributed by atoms with Gasteiger partial charge in [-0.15, -0.1) is 6.58 Å². The predicted molar refractivity (Wildman–Crippen MR) is 32.8 cm³/mol. The molecule has 0 aromatic heterocycles. The van der Waals surface area contributed by atoms with Crippen LogP contribution < -0.4 is 5.73 Å². The summed E-state index contributed by atoms with van der Waals surface area (Å²) in [5.74, 6) is 0. The second kappa shape index (κ2) is 10.1. The number of hydrogen-bond acceptors (Lipinski definition) is 4. The molecule has 0 unspecified atom stereocenters. The molecule has 0 atom stereocenters. The van der Waals surface area contributed by atoms with Gasteiger partial charge in [0.1, 0.15) is 0 Å². The number of hydrogen-bond donors (Lipinski definition) is 4. The zero-order valence-corrected chi connectivity index (χ0v) is 5.25. The van der Waals surface area contributed by atoms with E-state index in [0.717, 1.165) is 0 Å². The Bertz CT molecular complexity index is 47.0. The Hall–Kier alpha value is 0.0100. The van der Waals surface area contributed by atoms with Gasteiger partial charge in [-0.3, -0.25) is 0 Å². The van der Waals surface area contributed by atoms with Crippen molar-refractivity contribution in [3.63, 3.8) is 0 Å². The minimum absolute atomic E-state index is 0.583. The van der Waals surface area contributed by atoms with Crippen molar-refractivity contribution < 1.29 is 14.7 Å². The van der Waals surface area contributed by atoms with Gasteiger partial charge >= 0.3 is 8.60 Å². The summed E-state index contributed by atoms with van der Waals surface area (Å²) in [5.41, 5.74) is 4.91. The van der Waals surface area contributed by atoms with Crippen LogP contribution in [0.4, 0.5) is 0 Å². The first-order valence-corrected chi connectivity index (χ1v) is 3.02. The van der Waals surface area contributed by atoms with Crippen LogP contribution in [0, 0.1) is 0 Å². The first-order chi connectivity index (χ1) is 3.65. The van der Waals surface area contributed by atoms with E-state index in [1.165, 1.54) is 0 Å². The molecule has 0 aliphatic carbocycles. The molecule has 5 N–H and O–H groups in total. The third-order valence-electron chi connectivity index (χ3n) is 0.167. The molecule has 4 nitrogen and oxygen atoms in total. The first-order valence-electron chi connectivity index (χ1n) is 1.82. The van der Waals surface area contributed by atoms with E-state index in [4.69, 9.17) is 20.4 Å². The summed E-state index contributed by atoms with van der Waals surface area (Å²) < 4.78 is 0. The zero-order chi connectivity index (χ0) is 6.99. The largest absolute Gasteiger partial charge is 0.328 e. The number of rotatable bonds is 1. The zero-order valence-electron chi connectivity index (χ0n) is 4.36. The van der Waals surface area contributed by atoms with Crippen LogP contribution in [0.25, 0.3) is 0 Å². The van der Waals surface area contributed by atoms with Crippen molar-refractivity contribution in [3.05, 3.63) is 12.7 Å². The topological polar surface area (TPSA) is 86.7 Å². The van der Waals surface area contributed by atoms with Crippen molar-refractivity contribution >= 4 is 8.60 Å². The van der Waals surface area contributed by atoms with Crippen LogP contribution in [0.1, 0.15) is 0 Å². The minimum atomic E-state index is -2.62. The smallest absolute Gasteiger partial charge is 0.324 e. The quantitative estimate of drug-likeness (QED) is 0.286. The molecule has 0 aliphatic rings. The highest BCUT2D eigenvalue weighted by molar-refractivity contribution is 7.38. The lowest BCUT2D eigenvalue weighted by Crippen LogP contribution is -1.90. The van der Waals surface area contributed by atoms with E-state index in [0.29, 0.717) is 6.54 Å². The highest BCUT2D eigenvalue weighted by atomic mass is 31.2. The summed E-state index contributed by atoms with van der Waals surface area (Å²) in [4.78, 5) is 21.7. The molecule has 8 heavy (non-hydrogen) atoms. The standard InChI is InChI=1S/C3H7N.H3O3P/c1-2-3-4;1-4(2)3/h2H,1,3-4H2;1-3H. The Balaban J connectivity index is 0. The molecule has 50 valence electrons. The molecule has 0 amide bonds. The van der Waals surface area contributed by atoms with Crippen LogP contribution in [0.5, 0.6) is 0 Å². The van der Waals surface area contributed by atoms with Crippen molar-refractivity contribution in [1.29, 1.82) is 0 Å². The van der Waals surface area contributed by atoms with Gasteiger partial charge in [0.15, 0.2) is 0 Å². The summed E-state index contributed by atoms with van der Waals surface area (Å²) >= 11 is 0. The second-order valence-corrected chi connectivity index (χ2v) is 1.33. The van der Waals surface area contributed by atoms with Crippen molar-refractivity contribution in [2.75, 3.05) is 6.54 Å². The molecule has 0 aliphatic heterocycles. The summed E-state index contributed by atoms with van der Waals surface area (Å²) in [7, 11) is -2.62. The second-order valence-electron chi connectivity index (χ2n) is 0.793. The fourth-order valence-corrected chi connectivity index (χ4v) is 0. The Morgan fingerprint density at radius 3 is 1.62 bits per heavy atom. The van der Waals surface area contributed by atoms with Crippen LogP contribution in [0.3, 0.4) is 0 Å². The van der Waals surface area contributed by atoms with Crippen molar-refractivity contribution in [2.45, 2.75) is 0 Å². The monoisotopic (exact) mass is 139 g/mol.